The number of carbonyl (C=O) groups is 4. The summed E-state index contributed by atoms with van der Waals surface area (Å²) in [5, 5.41) is 20.6. The van der Waals surface area contributed by atoms with Gasteiger partial charge >= 0.3 is 11.9 Å². The molecule has 0 amide bonds. The maximum Gasteiger partial charge on any atom is 0.306 e. The summed E-state index contributed by atoms with van der Waals surface area (Å²) < 4.78 is 18.1. The predicted molar refractivity (Wildman–Crippen MR) is 140 cm³/mol. The molecule has 2 N–H and O–H groups in total. The SMILES string of the molecule is C.CCCC1OC2CC3C4CCC5=CC(=O)C=CC5(C)C4C(O)CC3(C)C2(C(=O)COC(=O)CCC(=O)O)O1. The van der Waals surface area contributed by atoms with Crippen LogP contribution in [-0.2, 0) is 33.4 Å². The molecule has 9 unspecified atom stereocenters. The molecule has 4 aliphatic carbocycles. The van der Waals surface area contributed by atoms with Crippen molar-refractivity contribution >= 4 is 23.5 Å². The zero-order valence-electron chi connectivity index (χ0n) is 22.3. The molecule has 4 fully saturated rings. The van der Waals surface area contributed by atoms with Crippen LogP contribution in [0.2, 0.25) is 0 Å². The third kappa shape index (κ3) is 4.50. The van der Waals surface area contributed by atoms with Crippen molar-refractivity contribution in [1.82, 2.24) is 0 Å². The molecule has 9 nitrogen and oxygen atoms in total. The highest BCUT2D eigenvalue weighted by Crippen LogP contribution is 2.69. The van der Waals surface area contributed by atoms with Gasteiger partial charge in [-0.25, -0.2) is 0 Å². The number of hydrogen-bond acceptors (Lipinski definition) is 8. The predicted octanol–water partition coefficient (Wildman–Crippen LogP) is 3.77. The summed E-state index contributed by atoms with van der Waals surface area (Å²) in [5.41, 5.74) is -1.50. The quantitative estimate of drug-likeness (QED) is 0.436. The highest BCUT2D eigenvalue weighted by Gasteiger charge is 2.75. The monoisotopic (exact) mass is 546 g/mol. The van der Waals surface area contributed by atoms with Crippen molar-refractivity contribution in [2.45, 2.75) is 104 Å². The van der Waals surface area contributed by atoms with Crippen LogP contribution >= 0.6 is 0 Å². The molecule has 0 spiro atoms. The number of aliphatic hydroxyl groups excluding tert-OH is 1. The first-order valence-corrected chi connectivity index (χ1v) is 13.8. The zero-order chi connectivity index (χ0) is 27.5. The Morgan fingerprint density at radius 1 is 1.21 bits per heavy atom. The van der Waals surface area contributed by atoms with Crippen LogP contribution in [0.5, 0.6) is 0 Å². The lowest BCUT2D eigenvalue weighted by Gasteiger charge is -2.59. The third-order valence-electron chi connectivity index (χ3n) is 10.1. The molecule has 1 aliphatic heterocycles. The van der Waals surface area contributed by atoms with Crippen LogP contribution in [0.1, 0.15) is 79.6 Å². The van der Waals surface area contributed by atoms with Gasteiger partial charge in [-0.15, -0.1) is 0 Å². The van der Waals surface area contributed by atoms with E-state index >= 15 is 0 Å². The molecule has 9 heteroatoms. The van der Waals surface area contributed by atoms with Gasteiger partial charge in [0.25, 0.3) is 0 Å². The second kappa shape index (κ2) is 10.6. The van der Waals surface area contributed by atoms with E-state index in [1.165, 1.54) is 0 Å². The lowest BCUT2D eigenvalue weighted by molar-refractivity contribution is -0.201. The first kappa shape index (κ1) is 29.6. The molecule has 1 heterocycles. The zero-order valence-corrected chi connectivity index (χ0v) is 22.3. The number of rotatable bonds is 8. The van der Waals surface area contributed by atoms with Gasteiger partial charge in [0.1, 0.15) is 0 Å². The lowest BCUT2D eigenvalue weighted by Crippen LogP contribution is -2.63. The molecule has 39 heavy (non-hydrogen) atoms. The second-order valence-electron chi connectivity index (χ2n) is 12.1. The molecule has 5 rings (SSSR count). The Morgan fingerprint density at radius 2 is 1.95 bits per heavy atom. The van der Waals surface area contributed by atoms with Crippen molar-refractivity contribution in [2.24, 2.45) is 28.6 Å². The standard InChI is InChI=1S/C29H38O9.CH4/c1-4-5-25-37-22-13-19-18-7-6-16-12-17(30)10-11-27(16,2)26(18)20(31)14-28(19,3)29(22,38-25)21(32)15-36-24(35)9-8-23(33)34;/h10-12,18-20,22,25-26,31H,4-9,13-15H2,1-3H3,(H,33,34);1H4. The average molecular weight is 547 g/mol. The molecule has 9 atom stereocenters. The maximum absolute atomic E-state index is 14.0. The minimum Gasteiger partial charge on any atom is -0.481 e. The van der Waals surface area contributed by atoms with Crippen LogP contribution in [0.3, 0.4) is 0 Å². The number of fused-ring (bicyclic) bond motifs is 7. The molecule has 0 aromatic heterocycles. The number of carboxylic acid groups (broad SMARTS) is 1. The number of allylic oxidation sites excluding steroid dienone is 4. The van der Waals surface area contributed by atoms with Crippen LogP contribution in [0.15, 0.2) is 23.8 Å². The van der Waals surface area contributed by atoms with Gasteiger partial charge in [0, 0.05) is 16.7 Å². The fourth-order valence-electron chi connectivity index (χ4n) is 8.54. The molecule has 1 saturated heterocycles. The number of carboxylic acids is 1. The average Bonchev–Trinajstić information content (AvgIpc) is 3.33. The maximum atomic E-state index is 14.0. The van der Waals surface area contributed by atoms with E-state index in [1.54, 1.807) is 12.2 Å². The van der Waals surface area contributed by atoms with Gasteiger partial charge in [0.15, 0.2) is 24.3 Å². The number of aliphatic hydroxyl groups is 1. The van der Waals surface area contributed by atoms with Crippen LogP contribution in [0.25, 0.3) is 0 Å². The van der Waals surface area contributed by atoms with Gasteiger partial charge in [-0.3, -0.25) is 19.2 Å². The van der Waals surface area contributed by atoms with Gasteiger partial charge in [-0.05, 0) is 56.1 Å². The van der Waals surface area contributed by atoms with Crippen molar-refractivity contribution in [1.29, 1.82) is 0 Å². The molecular formula is C30H42O9. The van der Waals surface area contributed by atoms with E-state index in [1.807, 2.05) is 19.9 Å². The number of esters is 1. The number of carbonyl (C=O) groups excluding carboxylic acids is 3. The first-order valence-electron chi connectivity index (χ1n) is 13.8. The summed E-state index contributed by atoms with van der Waals surface area (Å²) in [7, 11) is 0. The second-order valence-corrected chi connectivity index (χ2v) is 12.1. The Hall–Kier alpha value is -2.36. The van der Waals surface area contributed by atoms with Crippen LogP contribution in [-0.4, -0.2) is 64.4 Å². The van der Waals surface area contributed by atoms with Gasteiger partial charge in [-0.2, -0.15) is 0 Å². The van der Waals surface area contributed by atoms with Gasteiger partial charge in [0.05, 0.1) is 25.0 Å². The number of hydrogen-bond donors (Lipinski definition) is 2. The topological polar surface area (TPSA) is 136 Å². The number of ketones is 2. The van der Waals surface area contributed by atoms with E-state index in [2.05, 4.69) is 6.92 Å². The molecule has 3 saturated carbocycles. The normalized spacial score (nSPS) is 41.8. The smallest absolute Gasteiger partial charge is 0.306 e. The Labute approximate surface area is 229 Å². The van der Waals surface area contributed by atoms with E-state index in [9.17, 15) is 24.3 Å². The third-order valence-corrected chi connectivity index (χ3v) is 10.1. The Kier molecular flexibility index (Phi) is 8.02. The van der Waals surface area contributed by atoms with Gasteiger partial charge in [0.2, 0.25) is 5.78 Å². The number of Topliss-reactive ketones (excluding diaryl/α,β-unsaturated/α-hetero) is 1. The largest absolute Gasteiger partial charge is 0.481 e. The lowest BCUT2D eigenvalue weighted by atomic mass is 9.46. The number of ether oxygens (including phenoxy) is 3. The summed E-state index contributed by atoms with van der Waals surface area (Å²) >= 11 is 0. The van der Waals surface area contributed by atoms with E-state index in [-0.39, 0.29) is 43.8 Å². The minimum atomic E-state index is -1.37. The van der Waals surface area contributed by atoms with Crippen molar-refractivity contribution in [2.75, 3.05) is 6.61 Å². The van der Waals surface area contributed by atoms with E-state index in [0.717, 1.165) is 24.8 Å². The summed E-state index contributed by atoms with van der Waals surface area (Å²) in [6, 6.07) is 0. The Bertz CT molecular complexity index is 1090. The van der Waals surface area contributed by atoms with E-state index in [0.29, 0.717) is 19.3 Å². The molecule has 0 aromatic rings. The van der Waals surface area contributed by atoms with Gasteiger partial charge in [-0.1, -0.05) is 46.3 Å². The number of aliphatic carboxylic acids is 1. The fraction of sp³-hybridized carbons (Fsp3) is 0.733. The highest BCUT2D eigenvalue weighted by atomic mass is 16.7. The Balaban J connectivity index is 0.00000353. The van der Waals surface area contributed by atoms with Crippen LogP contribution in [0.4, 0.5) is 0 Å². The summed E-state index contributed by atoms with van der Waals surface area (Å²) in [6.07, 6.45) is 6.63. The molecule has 0 bridgehead atoms. The minimum absolute atomic E-state index is 0. The fourth-order valence-corrected chi connectivity index (χ4v) is 8.54. The Morgan fingerprint density at radius 3 is 2.64 bits per heavy atom. The van der Waals surface area contributed by atoms with Crippen molar-refractivity contribution in [3.8, 4) is 0 Å². The molecule has 5 aliphatic rings. The van der Waals surface area contributed by atoms with Crippen LogP contribution in [0, 0.1) is 28.6 Å². The van der Waals surface area contributed by atoms with Gasteiger partial charge < -0.3 is 24.4 Å². The summed E-state index contributed by atoms with van der Waals surface area (Å²) in [4.78, 5) is 49.0. The summed E-state index contributed by atoms with van der Waals surface area (Å²) in [6.45, 7) is 5.59. The van der Waals surface area contributed by atoms with Crippen molar-refractivity contribution in [3.05, 3.63) is 23.8 Å². The molecule has 0 radical (unpaired) electrons. The molecule has 216 valence electrons. The molecular weight excluding hydrogens is 504 g/mol. The first-order chi connectivity index (χ1) is 18.0. The molecule has 0 aromatic carbocycles. The highest BCUT2D eigenvalue weighted by molar-refractivity contribution is 6.01. The van der Waals surface area contributed by atoms with E-state index in [4.69, 9.17) is 19.3 Å². The van der Waals surface area contributed by atoms with E-state index < -0.39 is 59.3 Å². The summed E-state index contributed by atoms with van der Waals surface area (Å²) in [5.74, 6) is -2.27. The van der Waals surface area contributed by atoms with Crippen molar-refractivity contribution in [3.63, 3.8) is 0 Å². The van der Waals surface area contributed by atoms with Crippen molar-refractivity contribution < 1.29 is 43.6 Å². The van der Waals surface area contributed by atoms with Crippen LogP contribution < -0.4 is 0 Å².